The van der Waals surface area contributed by atoms with Crippen LogP contribution in [0.4, 0.5) is 11.4 Å². The Hall–Kier alpha value is -3.10. The minimum atomic E-state index is -0.763. The Morgan fingerprint density at radius 3 is 2.29 bits per heavy atom. The zero-order valence-corrected chi connectivity index (χ0v) is 19.7. The highest BCUT2D eigenvalue weighted by Gasteiger charge is 2.52. The normalized spacial score (nSPS) is 23.9. The highest BCUT2D eigenvalue weighted by molar-refractivity contribution is 6.31. The summed E-state index contributed by atoms with van der Waals surface area (Å²) in [4.78, 5) is 51.7. The molecule has 4 atom stereocenters. The van der Waals surface area contributed by atoms with Gasteiger partial charge in [-0.25, -0.2) is 4.79 Å². The standard InChI is InChI=1S/C24H22Cl2N2O6/c1-33-16-7-3-5-14(9-16)27-21(29)12-34-24(32)13-4-2-6-15(8-13)28-22(30)17-10-19(25)20(26)11-18(17)23(28)31/h2-9,17-20H,10-12H2,1H3,(H,27,29)/t17-,18+,19-,20-/m0/s1. The molecule has 1 aliphatic carbocycles. The molecule has 1 aliphatic heterocycles. The molecule has 2 aromatic rings. The van der Waals surface area contributed by atoms with E-state index in [1.807, 2.05) is 0 Å². The number of benzene rings is 2. The number of rotatable bonds is 6. The van der Waals surface area contributed by atoms with E-state index in [1.54, 1.807) is 36.4 Å². The molecule has 0 radical (unpaired) electrons. The van der Waals surface area contributed by atoms with Crippen LogP contribution < -0.4 is 15.0 Å². The van der Waals surface area contributed by atoms with Crippen molar-refractivity contribution in [3.05, 3.63) is 54.1 Å². The van der Waals surface area contributed by atoms with Crippen LogP contribution in [0.15, 0.2) is 48.5 Å². The number of fused-ring (bicyclic) bond motifs is 1. The third kappa shape index (κ3) is 4.88. The maximum Gasteiger partial charge on any atom is 0.338 e. The fourth-order valence-corrected chi connectivity index (χ4v) is 4.82. The van der Waals surface area contributed by atoms with Gasteiger partial charge in [-0.1, -0.05) is 12.1 Å². The minimum absolute atomic E-state index is 0.104. The predicted molar refractivity (Wildman–Crippen MR) is 126 cm³/mol. The zero-order chi connectivity index (χ0) is 24.4. The number of carbonyl (C=O) groups excluding carboxylic acids is 4. The van der Waals surface area contributed by atoms with Crippen molar-refractivity contribution in [1.29, 1.82) is 0 Å². The number of nitrogens with zero attached hydrogens (tertiary/aromatic N) is 1. The first-order valence-corrected chi connectivity index (χ1v) is 11.5. The van der Waals surface area contributed by atoms with Gasteiger partial charge in [-0.05, 0) is 43.2 Å². The molecule has 0 bridgehead atoms. The van der Waals surface area contributed by atoms with Crippen LogP contribution >= 0.6 is 23.2 Å². The summed E-state index contributed by atoms with van der Waals surface area (Å²) in [6.07, 6.45) is 0.650. The lowest BCUT2D eigenvalue weighted by atomic mass is 9.80. The number of halogens is 2. The van der Waals surface area contributed by atoms with Crippen molar-refractivity contribution >= 4 is 58.3 Å². The summed E-state index contributed by atoms with van der Waals surface area (Å²) in [6, 6.07) is 12.7. The Balaban J connectivity index is 1.41. The van der Waals surface area contributed by atoms with Crippen molar-refractivity contribution in [2.24, 2.45) is 11.8 Å². The number of esters is 1. The van der Waals surface area contributed by atoms with Crippen molar-refractivity contribution < 1.29 is 28.7 Å². The monoisotopic (exact) mass is 504 g/mol. The van der Waals surface area contributed by atoms with E-state index >= 15 is 0 Å². The topological polar surface area (TPSA) is 102 Å². The first-order chi connectivity index (χ1) is 16.3. The van der Waals surface area contributed by atoms with Gasteiger partial charge in [0.25, 0.3) is 5.91 Å². The van der Waals surface area contributed by atoms with Crippen molar-refractivity contribution in [3.8, 4) is 5.75 Å². The third-order valence-electron chi connectivity index (χ3n) is 5.94. The van der Waals surface area contributed by atoms with E-state index in [9.17, 15) is 19.2 Å². The number of anilines is 2. The molecule has 2 aromatic carbocycles. The van der Waals surface area contributed by atoms with Crippen LogP contribution in [-0.4, -0.2) is 48.2 Å². The van der Waals surface area contributed by atoms with Crippen LogP contribution in [0.5, 0.6) is 5.75 Å². The van der Waals surface area contributed by atoms with E-state index in [4.69, 9.17) is 32.7 Å². The van der Waals surface area contributed by atoms with Crippen LogP contribution in [0.1, 0.15) is 23.2 Å². The molecule has 2 aliphatic rings. The predicted octanol–water partition coefficient (Wildman–Crippen LogP) is 3.60. The van der Waals surface area contributed by atoms with Crippen molar-refractivity contribution in [3.63, 3.8) is 0 Å². The Morgan fingerprint density at radius 2 is 1.65 bits per heavy atom. The molecular weight excluding hydrogens is 483 g/mol. The number of nitrogens with one attached hydrogen (secondary N) is 1. The van der Waals surface area contributed by atoms with Gasteiger partial charge < -0.3 is 14.8 Å². The molecule has 0 spiro atoms. The average Bonchev–Trinajstić information content (AvgIpc) is 3.07. The number of hydrogen-bond donors (Lipinski definition) is 1. The molecular formula is C24H22Cl2N2O6. The van der Waals surface area contributed by atoms with Crippen LogP contribution in [0, 0.1) is 11.8 Å². The van der Waals surface area contributed by atoms with Gasteiger partial charge >= 0.3 is 5.97 Å². The number of alkyl halides is 2. The number of hydrogen-bond acceptors (Lipinski definition) is 6. The molecule has 2 fully saturated rings. The summed E-state index contributed by atoms with van der Waals surface area (Å²) in [5, 5.41) is 1.84. The fourth-order valence-electron chi connectivity index (χ4n) is 4.23. The first-order valence-electron chi connectivity index (χ1n) is 10.7. The summed E-state index contributed by atoms with van der Waals surface area (Å²) in [5.74, 6) is -2.49. The molecule has 4 rings (SSSR count). The average molecular weight is 505 g/mol. The van der Waals surface area contributed by atoms with E-state index in [-0.39, 0.29) is 33.8 Å². The van der Waals surface area contributed by atoms with Crippen molar-refractivity contribution in [1.82, 2.24) is 0 Å². The quantitative estimate of drug-likeness (QED) is 0.366. The van der Waals surface area contributed by atoms with E-state index in [0.717, 1.165) is 4.90 Å². The van der Waals surface area contributed by atoms with Crippen LogP contribution in [0.25, 0.3) is 0 Å². The van der Waals surface area contributed by atoms with Crippen LogP contribution in [-0.2, 0) is 19.1 Å². The van der Waals surface area contributed by atoms with Gasteiger partial charge in [-0.2, -0.15) is 0 Å². The summed E-state index contributed by atoms with van der Waals surface area (Å²) >= 11 is 12.4. The van der Waals surface area contributed by atoms with Crippen molar-refractivity contribution in [2.75, 3.05) is 23.9 Å². The maximum atomic E-state index is 12.9. The molecule has 1 N–H and O–H groups in total. The van der Waals surface area contributed by atoms with Gasteiger partial charge in [0.05, 0.1) is 41.0 Å². The Kier molecular flexibility index (Phi) is 7.09. The van der Waals surface area contributed by atoms with Gasteiger partial charge in [-0.3, -0.25) is 19.3 Å². The molecule has 1 saturated heterocycles. The lowest BCUT2D eigenvalue weighted by Gasteiger charge is -2.28. The van der Waals surface area contributed by atoms with E-state index < -0.39 is 30.3 Å². The Labute approximate surface area is 206 Å². The fraction of sp³-hybridized carbons (Fsp3) is 0.333. The molecule has 0 aromatic heterocycles. The molecule has 34 heavy (non-hydrogen) atoms. The third-order valence-corrected chi connectivity index (χ3v) is 7.03. The molecule has 1 saturated carbocycles. The van der Waals surface area contributed by atoms with Gasteiger partial charge in [0.2, 0.25) is 11.8 Å². The zero-order valence-electron chi connectivity index (χ0n) is 18.2. The number of amides is 3. The molecule has 1 heterocycles. The maximum absolute atomic E-state index is 12.9. The number of ether oxygens (including phenoxy) is 2. The lowest BCUT2D eigenvalue weighted by Crippen LogP contribution is -2.34. The van der Waals surface area contributed by atoms with Gasteiger partial charge in [0.15, 0.2) is 6.61 Å². The number of imide groups is 1. The summed E-state index contributed by atoms with van der Waals surface area (Å²) in [6.45, 7) is -0.514. The van der Waals surface area contributed by atoms with Gasteiger partial charge in [-0.15, -0.1) is 23.2 Å². The summed E-state index contributed by atoms with van der Waals surface area (Å²) in [7, 11) is 1.51. The lowest BCUT2D eigenvalue weighted by molar-refractivity contribution is -0.122. The van der Waals surface area contributed by atoms with E-state index in [1.165, 1.54) is 19.2 Å². The number of carbonyl (C=O) groups is 4. The van der Waals surface area contributed by atoms with Gasteiger partial charge in [0.1, 0.15) is 5.75 Å². The largest absolute Gasteiger partial charge is 0.497 e. The molecule has 10 heteroatoms. The summed E-state index contributed by atoms with van der Waals surface area (Å²) < 4.78 is 10.2. The number of methoxy groups -OCH3 is 1. The Bertz CT molecular complexity index is 1110. The smallest absolute Gasteiger partial charge is 0.338 e. The molecule has 8 nitrogen and oxygen atoms in total. The van der Waals surface area contributed by atoms with Crippen molar-refractivity contribution in [2.45, 2.75) is 23.6 Å². The highest BCUT2D eigenvalue weighted by atomic mass is 35.5. The van der Waals surface area contributed by atoms with Crippen LogP contribution in [0.3, 0.4) is 0 Å². The molecule has 178 valence electrons. The van der Waals surface area contributed by atoms with E-state index in [2.05, 4.69) is 5.32 Å². The second-order valence-corrected chi connectivity index (χ2v) is 9.26. The Morgan fingerprint density at radius 1 is 1.00 bits per heavy atom. The van der Waals surface area contributed by atoms with Gasteiger partial charge in [0, 0.05) is 11.8 Å². The highest BCUT2D eigenvalue weighted by Crippen LogP contribution is 2.43. The van der Waals surface area contributed by atoms with Crippen LogP contribution in [0.2, 0.25) is 0 Å². The summed E-state index contributed by atoms with van der Waals surface area (Å²) in [5.41, 5.74) is 0.859. The molecule has 0 unspecified atom stereocenters. The van der Waals surface area contributed by atoms with E-state index in [0.29, 0.717) is 24.3 Å². The first kappa shape index (κ1) is 24.0. The molecule has 3 amide bonds. The minimum Gasteiger partial charge on any atom is -0.497 e. The SMILES string of the molecule is COc1cccc(NC(=O)COC(=O)c2cccc(N3C(=O)[C@H]4C[C@H](Cl)[C@@H](Cl)C[C@H]4C3=O)c2)c1. The second kappa shape index (κ2) is 10.0. The second-order valence-electron chi connectivity index (χ2n) is 8.13.